The molecule has 0 radical (unpaired) electrons. The van der Waals surface area contributed by atoms with Crippen LogP contribution in [0, 0.1) is 0 Å². The topological polar surface area (TPSA) is 237 Å². The van der Waals surface area contributed by atoms with Crippen molar-refractivity contribution in [3.8, 4) is 0 Å². The Kier molecular flexibility index (Phi) is 59.6. The lowest BCUT2D eigenvalue weighted by Gasteiger charge is -2.21. The predicted octanol–water partition coefficient (Wildman–Crippen LogP) is 18.7. The van der Waals surface area contributed by atoms with Gasteiger partial charge in [0.05, 0.1) is 26.4 Å². The number of rotatable bonds is 67. The van der Waals surface area contributed by atoms with Crippen molar-refractivity contribution in [2.24, 2.45) is 0 Å². The van der Waals surface area contributed by atoms with Crippen molar-refractivity contribution in [2.75, 3.05) is 39.6 Å². The largest absolute Gasteiger partial charge is 0.472 e. The number of phosphoric acid groups is 2. The van der Waals surface area contributed by atoms with Gasteiger partial charge in [-0.3, -0.25) is 37.3 Å². The van der Waals surface area contributed by atoms with Gasteiger partial charge >= 0.3 is 39.5 Å². The number of hydrogen-bond donors (Lipinski definition) is 3. The molecule has 19 heteroatoms. The standard InChI is InChI=1S/C66H128O17P2/c1-5-9-13-17-20-22-24-26-28-29-30-32-34-36-38-41-45-49-53-66(71)83-62(57-77-64(69)51-47-43-40-37-35-33-31-27-25-23-21-18-14-10-6-2)59-81-85(74,75)79-55-60(67)54-78-84(72,73)80-58-61(56-76-63(68)50-46-42-16-12-8-4)82-65(70)52-48-44-39-19-15-11-7-3/h60-62,67H,5-59H2,1-4H3,(H,72,73)(H,74,75)/t60-,61+,62+/m0/s1. The molecule has 0 aromatic carbocycles. The minimum atomic E-state index is -4.94. The monoisotopic (exact) mass is 1250 g/mol. The molecular weight excluding hydrogens is 1130 g/mol. The van der Waals surface area contributed by atoms with Gasteiger partial charge in [0.15, 0.2) is 12.2 Å². The van der Waals surface area contributed by atoms with Crippen LogP contribution in [-0.2, 0) is 65.4 Å². The molecular formula is C66H128O17P2. The predicted molar refractivity (Wildman–Crippen MR) is 340 cm³/mol. The zero-order valence-electron chi connectivity index (χ0n) is 54.6. The molecule has 0 aliphatic carbocycles. The molecule has 17 nitrogen and oxygen atoms in total. The van der Waals surface area contributed by atoms with E-state index in [0.717, 1.165) is 109 Å². The Morgan fingerprint density at radius 3 is 0.694 bits per heavy atom. The van der Waals surface area contributed by atoms with Crippen LogP contribution in [0.15, 0.2) is 0 Å². The van der Waals surface area contributed by atoms with Crippen molar-refractivity contribution in [2.45, 2.75) is 361 Å². The summed E-state index contributed by atoms with van der Waals surface area (Å²) in [5.41, 5.74) is 0. The second kappa shape index (κ2) is 60.9. The molecule has 504 valence electrons. The number of carbonyl (C=O) groups is 4. The molecule has 0 amide bonds. The third-order valence-corrected chi connectivity index (χ3v) is 17.3. The maximum Gasteiger partial charge on any atom is 0.472 e. The minimum absolute atomic E-state index is 0.103. The molecule has 5 atom stereocenters. The van der Waals surface area contributed by atoms with E-state index in [1.165, 1.54) is 154 Å². The van der Waals surface area contributed by atoms with Crippen LogP contribution in [0.2, 0.25) is 0 Å². The fourth-order valence-corrected chi connectivity index (χ4v) is 11.6. The van der Waals surface area contributed by atoms with E-state index in [-0.39, 0.29) is 25.7 Å². The summed E-state index contributed by atoms with van der Waals surface area (Å²) in [5.74, 6) is -2.14. The van der Waals surface area contributed by atoms with E-state index in [1.807, 2.05) is 0 Å². The third-order valence-electron chi connectivity index (χ3n) is 15.4. The summed E-state index contributed by atoms with van der Waals surface area (Å²) >= 11 is 0. The summed E-state index contributed by atoms with van der Waals surface area (Å²) in [5, 5.41) is 10.5. The lowest BCUT2D eigenvalue weighted by molar-refractivity contribution is -0.161. The highest BCUT2D eigenvalue weighted by molar-refractivity contribution is 7.47. The number of ether oxygens (including phenoxy) is 4. The first-order chi connectivity index (χ1) is 41.2. The van der Waals surface area contributed by atoms with Crippen molar-refractivity contribution in [3.63, 3.8) is 0 Å². The van der Waals surface area contributed by atoms with E-state index in [0.29, 0.717) is 25.7 Å². The number of aliphatic hydroxyl groups excluding tert-OH is 1. The van der Waals surface area contributed by atoms with Gasteiger partial charge in [-0.2, -0.15) is 0 Å². The van der Waals surface area contributed by atoms with E-state index in [2.05, 4.69) is 27.7 Å². The maximum absolute atomic E-state index is 13.0. The normalized spacial score (nSPS) is 14.1. The zero-order chi connectivity index (χ0) is 62.6. The first kappa shape index (κ1) is 83.1. The summed E-state index contributed by atoms with van der Waals surface area (Å²) in [6, 6.07) is 0. The fraction of sp³-hybridized carbons (Fsp3) is 0.939. The van der Waals surface area contributed by atoms with Gasteiger partial charge in [0.25, 0.3) is 0 Å². The van der Waals surface area contributed by atoms with Crippen molar-refractivity contribution in [3.05, 3.63) is 0 Å². The van der Waals surface area contributed by atoms with Gasteiger partial charge in [0, 0.05) is 25.7 Å². The smallest absolute Gasteiger partial charge is 0.462 e. The average molecular weight is 1260 g/mol. The van der Waals surface area contributed by atoms with E-state index in [4.69, 9.17) is 37.0 Å². The summed E-state index contributed by atoms with van der Waals surface area (Å²) in [6.45, 7) is 4.78. The van der Waals surface area contributed by atoms with Crippen LogP contribution < -0.4 is 0 Å². The summed E-state index contributed by atoms with van der Waals surface area (Å²) in [7, 11) is -9.87. The number of aliphatic hydroxyl groups is 1. The molecule has 0 aliphatic rings. The third kappa shape index (κ3) is 60.7. The van der Waals surface area contributed by atoms with Crippen molar-refractivity contribution in [1.29, 1.82) is 0 Å². The highest BCUT2D eigenvalue weighted by Gasteiger charge is 2.30. The zero-order valence-corrected chi connectivity index (χ0v) is 56.4. The van der Waals surface area contributed by atoms with Gasteiger partial charge in [-0.05, 0) is 25.7 Å². The molecule has 0 saturated carbocycles. The number of carbonyl (C=O) groups excluding carboxylic acids is 4. The van der Waals surface area contributed by atoms with Crippen LogP contribution in [0.25, 0.3) is 0 Å². The van der Waals surface area contributed by atoms with E-state index < -0.39 is 97.5 Å². The van der Waals surface area contributed by atoms with E-state index in [1.54, 1.807) is 0 Å². The molecule has 0 saturated heterocycles. The second-order valence-corrected chi connectivity index (χ2v) is 26.8. The summed E-state index contributed by atoms with van der Waals surface area (Å²) in [6.07, 6.45) is 47.8. The van der Waals surface area contributed by atoms with Gasteiger partial charge in [-0.1, -0.05) is 291 Å². The Bertz CT molecular complexity index is 1640. The highest BCUT2D eigenvalue weighted by atomic mass is 31.2. The first-order valence-electron chi connectivity index (χ1n) is 34.8. The SMILES string of the molecule is CCCCCCCCCCCCCCCCCCCCC(=O)O[C@H](COC(=O)CCCCCCCCCCCCCCCCC)COP(=O)(O)OC[C@@H](O)COP(=O)(O)OC[C@@H](COC(=O)CCCCCCC)OC(=O)CCCCCCCCC. The van der Waals surface area contributed by atoms with Crippen molar-refractivity contribution >= 4 is 39.5 Å². The molecule has 85 heavy (non-hydrogen) atoms. The molecule has 0 fully saturated rings. The Morgan fingerprint density at radius 2 is 0.471 bits per heavy atom. The minimum Gasteiger partial charge on any atom is -0.462 e. The molecule has 0 bridgehead atoms. The van der Waals surface area contributed by atoms with E-state index >= 15 is 0 Å². The Balaban J connectivity index is 5.11. The molecule has 0 aromatic heterocycles. The molecule has 2 unspecified atom stereocenters. The second-order valence-electron chi connectivity index (χ2n) is 23.9. The average Bonchev–Trinajstić information content (AvgIpc) is 3.49. The van der Waals surface area contributed by atoms with E-state index in [9.17, 15) is 43.2 Å². The van der Waals surface area contributed by atoms with Crippen LogP contribution in [0.5, 0.6) is 0 Å². The summed E-state index contributed by atoms with van der Waals surface area (Å²) in [4.78, 5) is 71.9. The van der Waals surface area contributed by atoms with Gasteiger partial charge in [-0.15, -0.1) is 0 Å². The van der Waals surface area contributed by atoms with Gasteiger partial charge in [0.1, 0.15) is 19.3 Å². The number of unbranched alkanes of at least 4 members (excludes halogenated alkanes) is 41. The molecule has 0 spiro atoms. The lowest BCUT2D eigenvalue weighted by atomic mass is 10.0. The fourth-order valence-electron chi connectivity index (χ4n) is 9.99. The highest BCUT2D eigenvalue weighted by Crippen LogP contribution is 2.45. The first-order valence-corrected chi connectivity index (χ1v) is 37.8. The van der Waals surface area contributed by atoms with Crippen molar-refractivity contribution < 1.29 is 80.2 Å². The number of hydrogen-bond acceptors (Lipinski definition) is 15. The van der Waals surface area contributed by atoms with Gasteiger partial charge in [0.2, 0.25) is 0 Å². The molecule has 0 heterocycles. The lowest BCUT2D eigenvalue weighted by Crippen LogP contribution is -2.30. The number of esters is 4. The van der Waals surface area contributed by atoms with Crippen LogP contribution in [0.1, 0.15) is 342 Å². The molecule has 0 aliphatic heterocycles. The molecule has 0 aromatic rings. The van der Waals surface area contributed by atoms with Crippen molar-refractivity contribution in [1.82, 2.24) is 0 Å². The van der Waals surface area contributed by atoms with Crippen LogP contribution in [0.4, 0.5) is 0 Å². The Morgan fingerprint density at radius 1 is 0.282 bits per heavy atom. The Labute approximate surface area is 517 Å². The maximum atomic E-state index is 13.0. The van der Waals surface area contributed by atoms with Gasteiger partial charge in [-0.25, -0.2) is 9.13 Å². The van der Waals surface area contributed by atoms with Crippen LogP contribution in [-0.4, -0.2) is 96.7 Å². The number of phosphoric ester groups is 2. The van der Waals surface area contributed by atoms with Gasteiger partial charge < -0.3 is 33.8 Å². The Hall–Kier alpha value is -1.94. The quantitative estimate of drug-likeness (QED) is 0.0222. The molecule has 3 N–H and O–H groups in total. The summed E-state index contributed by atoms with van der Waals surface area (Å²) < 4.78 is 67.8. The van der Waals surface area contributed by atoms with Crippen LogP contribution >= 0.6 is 15.6 Å². The van der Waals surface area contributed by atoms with Crippen LogP contribution in [0.3, 0.4) is 0 Å². The molecule has 0 rings (SSSR count).